The van der Waals surface area contributed by atoms with Gasteiger partial charge in [0.1, 0.15) is 0 Å². The zero-order chi connectivity index (χ0) is 11.7. The molecule has 0 aliphatic carbocycles. The van der Waals surface area contributed by atoms with Crippen molar-refractivity contribution in [2.75, 3.05) is 25.0 Å². The fourth-order valence-corrected chi connectivity index (χ4v) is 2.42. The van der Waals surface area contributed by atoms with Crippen molar-refractivity contribution >= 4 is 5.95 Å². The number of fused-ring (bicyclic) bond motifs is 1. The molecule has 0 radical (unpaired) electrons. The molecule has 3 rings (SSSR count). The average molecular weight is 234 g/mol. The van der Waals surface area contributed by atoms with Crippen LogP contribution in [0.1, 0.15) is 23.4 Å². The minimum absolute atomic E-state index is 0.623. The van der Waals surface area contributed by atoms with E-state index < -0.39 is 0 Å². The third-order valence-electron chi connectivity index (χ3n) is 3.50. The Bertz CT molecular complexity index is 415. The van der Waals surface area contributed by atoms with Crippen molar-refractivity contribution in [3.63, 3.8) is 0 Å². The van der Waals surface area contributed by atoms with E-state index in [-0.39, 0.29) is 0 Å². The topological polar surface area (TPSA) is 59.1 Å². The van der Waals surface area contributed by atoms with Gasteiger partial charge in [0.2, 0.25) is 5.95 Å². The highest BCUT2D eigenvalue weighted by Crippen LogP contribution is 2.21. The molecular weight excluding hydrogens is 216 g/mol. The maximum absolute atomic E-state index is 5.39. The summed E-state index contributed by atoms with van der Waals surface area (Å²) in [4.78, 5) is 8.99. The van der Waals surface area contributed by atoms with Gasteiger partial charge in [0, 0.05) is 17.8 Å². The summed E-state index contributed by atoms with van der Waals surface area (Å²) in [5.74, 6) is 1.45. The number of hydrogen-bond donors (Lipinski definition) is 2. The van der Waals surface area contributed by atoms with Crippen LogP contribution in [0.5, 0.6) is 0 Å². The first-order chi connectivity index (χ1) is 8.33. The summed E-state index contributed by atoms with van der Waals surface area (Å²) in [7, 11) is 0. The van der Waals surface area contributed by atoms with E-state index in [4.69, 9.17) is 4.74 Å². The molecule has 5 nitrogen and oxygen atoms in total. The van der Waals surface area contributed by atoms with Crippen molar-refractivity contribution < 1.29 is 4.74 Å². The molecule has 1 unspecified atom stereocenters. The molecule has 0 amide bonds. The van der Waals surface area contributed by atoms with Gasteiger partial charge >= 0.3 is 0 Å². The third-order valence-corrected chi connectivity index (χ3v) is 3.50. The van der Waals surface area contributed by atoms with Crippen molar-refractivity contribution in [3.8, 4) is 0 Å². The number of aromatic nitrogens is 2. The normalized spacial score (nSPS) is 22.8. The molecule has 1 saturated heterocycles. The van der Waals surface area contributed by atoms with Crippen LogP contribution in [0.4, 0.5) is 5.95 Å². The van der Waals surface area contributed by atoms with Gasteiger partial charge in [-0.05, 0) is 32.4 Å². The Morgan fingerprint density at radius 1 is 1.41 bits per heavy atom. The first-order valence-corrected chi connectivity index (χ1v) is 6.21. The summed E-state index contributed by atoms with van der Waals surface area (Å²) in [5, 5.41) is 6.70. The standard InChI is InChI=1S/C12H18N4O/c1-8-10-6-17-7-11(10)16-12(15-8)14-5-9-2-3-13-4-9/h9,13H,2-7H2,1H3,(H,14,15,16). The van der Waals surface area contributed by atoms with Crippen LogP contribution in [0.25, 0.3) is 0 Å². The van der Waals surface area contributed by atoms with E-state index in [1.807, 2.05) is 6.92 Å². The van der Waals surface area contributed by atoms with E-state index in [1.54, 1.807) is 0 Å². The quantitative estimate of drug-likeness (QED) is 0.811. The van der Waals surface area contributed by atoms with E-state index in [0.717, 1.165) is 42.5 Å². The van der Waals surface area contributed by atoms with Gasteiger partial charge in [0.25, 0.3) is 0 Å². The van der Waals surface area contributed by atoms with Crippen molar-refractivity contribution in [1.29, 1.82) is 0 Å². The fourth-order valence-electron chi connectivity index (χ4n) is 2.42. The predicted octanol–water partition coefficient (Wildman–Crippen LogP) is 0.837. The minimum atomic E-state index is 0.623. The zero-order valence-electron chi connectivity index (χ0n) is 10.1. The lowest BCUT2D eigenvalue weighted by Gasteiger charge is -2.11. The molecule has 1 aromatic heterocycles. The van der Waals surface area contributed by atoms with Crippen LogP contribution >= 0.6 is 0 Å². The Morgan fingerprint density at radius 3 is 3.18 bits per heavy atom. The second kappa shape index (κ2) is 4.58. The van der Waals surface area contributed by atoms with Gasteiger partial charge in [0.05, 0.1) is 18.9 Å². The highest BCUT2D eigenvalue weighted by Gasteiger charge is 2.18. The predicted molar refractivity (Wildman–Crippen MR) is 64.7 cm³/mol. The lowest BCUT2D eigenvalue weighted by molar-refractivity contribution is 0.133. The molecule has 2 N–H and O–H groups in total. The number of nitrogens with zero attached hydrogens (tertiary/aromatic N) is 2. The average Bonchev–Trinajstić information content (AvgIpc) is 2.97. The molecule has 1 fully saturated rings. The molecule has 1 atom stereocenters. The third kappa shape index (κ3) is 2.25. The number of hydrogen-bond acceptors (Lipinski definition) is 5. The SMILES string of the molecule is Cc1nc(NCC2CCNC2)nc2c1COC2. The highest BCUT2D eigenvalue weighted by atomic mass is 16.5. The fraction of sp³-hybridized carbons (Fsp3) is 0.667. The van der Waals surface area contributed by atoms with Gasteiger partial charge < -0.3 is 15.4 Å². The van der Waals surface area contributed by atoms with Gasteiger partial charge in [0.15, 0.2) is 0 Å². The van der Waals surface area contributed by atoms with Crippen LogP contribution in [0.15, 0.2) is 0 Å². The molecule has 2 aliphatic rings. The first-order valence-electron chi connectivity index (χ1n) is 6.21. The summed E-state index contributed by atoms with van der Waals surface area (Å²) in [6.45, 7) is 6.49. The molecule has 0 aromatic carbocycles. The molecule has 2 aliphatic heterocycles. The Balaban J connectivity index is 1.68. The van der Waals surface area contributed by atoms with E-state index in [9.17, 15) is 0 Å². The monoisotopic (exact) mass is 234 g/mol. The summed E-state index contributed by atoms with van der Waals surface area (Å²) < 4.78 is 5.39. The second-order valence-corrected chi connectivity index (χ2v) is 4.79. The molecular formula is C12H18N4O. The van der Waals surface area contributed by atoms with E-state index in [0.29, 0.717) is 19.1 Å². The summed E-state index contributed by atoms with van der Waals surface area (Å²) >= 11 is 0. The summed E-state index contributed by atoms with van der Waals surface area (Å²) in [6, 6.07) is 0. The van der Waals surface area contributed by atoms with E-state index in [1.165, 1.54) is 6.42 Å². The molecule has 0 bridgehead atoms. The second-order valence-electron chi connectivity index (χ2n) is 4.79. The van der Waals surface area contributed by atoms with Crippen LogP contribution < -0.4 is 10.6 Å². The first kappa shape index (κ1) is 10.9. The van der Waals surface area contributed by atoms with E-state index in [2.05, 4.69) is 20.6 Å². The molecule has 1 aromatic rings. The van der Waals surface area contributed by atoms with Crippen LogP contribution in [-0.2, 0) is 18.0 Å². The van der Waals surface area contributed by atoms with Gasteiger partial charge in [-0.3, -0.25) is 0 Å². The number of rotatable bonds is 3. The molecule has 3 heterocycles. The van der Waals surface area contributed by atoms with Gasteiger partial charge in [-0.25, -0.2) is 9.97 Å². The number of nitrogens with one attached hydrogen (secondary N) is 2. The molecule has 0 saturated carbocycles. The number of ether oxygens (including phenoxy) is 1. The Morgan fingerprint density at radius 2 is 2.35 bits per heavy atom. The molecule has 17 heavy (non-hydrogen) atoms. The molecule has 92 valence electrons. The molecule has 5 heteroatoms. The summed E-state index contributed by atoms with van der Waals surface area (Å²) in [6.07, 6.45) is 1.24. The van der Waals surface area contributed by atoms with Gasteiger partial charge in [-0.15, -0.1) is 0 Å². The summed E-state index contributed by atoms with van der Waals surface area (Å²) in [5.41, 5.74) is 3.25. The van der Waals surface area contributed by atoms with E-state index >= 15 is 0 Å². The van der Waals surface area contributed by atoms with Crippen molar-refractivity contribution in [3.05, 3.63) is 17.0 Å². The molecule has 0 spiro atoms. The Kier molecular flexibility index (Phi) is 2.94. The highest BCUT2D eigenvalue weighted by molar-refractivity contribution is 5.35. The van der Waals surface area contributed by atoms with Crippen LogP contribution in [-0.4, -0.2) is 29.6 Å². The zero-order valence-corrected chi connectivity index (χ0v) is 10.1. The van der Waals surface area contributed by atoms with Crippen LogP contribution in [0.3, 0.4) is 0 Å². The van der Waals surface area contributed by atoms with Crippen molar-refractivity contribution in [2.24, 2.45) is 5.92 Å². The van der Waals surface area contributed by atoms with Crippen molar-refractivity contribution in [1.82, 2.24) is 15.3 Å². The lowest BCUT2D eigenvalue weighted by Crippen LogP contribution is -2.18. The largest absolute Gasteiger partial charge is 0.370 e. The Labute approximate surface area is 101 Å². The Hall–Kier alpha value is -1.20. The maximum atomic E-state index is 5.39. The van der Waals surface area contributed by atoms with Crippen LogP contribution in [0, 0.1) is 12.8 Å². The minimum Gasteiger partial charge on any atom is -0.370 e. The number of aryl methyl sites for hydroxylation is 1. The van der Waals surface area contributed by atoms with Crippen LogP contribution in [0.2, 0.25) is 0 Å². The van der Waals surface area contributed by atoms with Crippen molar-refractivity contribution in [2.45, 2.75) is 26.6 Å². The van der Waals surface area contributed by atoms with Gasteiger partial charge in [-0.2, -0.15) is 0 Å². The maximum Gasteiger partial charge on any atom is 0.223 e. The van der Waals surface area contributed by atoms with Gasteiger partial charge in [-0.1, -0.05) is 0 Å². The lowest BCUT2D eigenvalue weighted by atomic mass is 10.1. The number of anilines is 1. The smallest absolute Gasteiger partial charge is 0.223 e.